The Morgan fingerprint density at radius 3 is 2.68 bits per heavy atom. The van der Waals surface area contributed by atoms with Crippen molar-refractivity contribution in [3.63, 3.8) is 0 Å². The molecule has 0 bridgehead atoms. The number of benzene rings is 2. The summed E-state index contributed by atoms with van der Waals surface area (Å²) < 4.78 is 46.9. The first-order chi connectivity index (χ1) is 13.5. The number of alkyl halides is 3. The SMILES string of the molecule is FC(F)(F)c1c(-c2ccccc2)noc1-c1nc2c(s1)-c1cc[c]cc1CC2. The molecule has 0 saturated carbocycles. The van der Waals surface area contributed by atoms with Gasteiger partial charge in [0.1, 0.15) is 11.3 Å². The minimum absolute atomic E-state index is 0.202. The molecule has 0 saturated heterocycles. The number of nitrogens with zero attached hydrogens (tertiary/aromatic N) is 2. The largest absolute Gasteiger partial charge is 0.422 e. The molecular formula is C21H12F3N2OS. The van der Waals surface area contributed by atoms with Crippen LogP contribution < -0.4 is 0 Å². The van der Waals surface area contributed by atoms with E-state index in [1.165, 1.54) is 11.3 Å². The van der Waals surface area contributed by atoms with Crippen LogP contribution in [0.5, 0.6) is 0 Å². The number of rotatable bonds is 2. The molecule has 1 aliphatic carbocycles. The highest BCUT2D eigenvalue weighted by molar-refractivity contribution is 7.18. The molecule has 0 amide bonds. The fourth-order valence-corrected chi connectivity index (χ4v) is 4.62. The monoisotopic (exact) mass is 397 g/mol. The standard InChI is InChI=1S/C21H12F3N2OS/c22-21(23,24)16-17(13-7-2-1-3-8-13)26-27-18(16)20-25-15-11-10-12-6-4-5-9-14(12)19(15)28-20/h1-3,5-9H,10-11H2. The van der Waals surface area contributed by atoms with Crippen molar-refractivity contribution in [2.45, 2.75) is 19.0 Å². The zero-order valence-corrected chi connectivity index (χ0v) is 15.2. The summed E-state index contributed by atoms with van der Waals surface area (Å²) in [5.74, 6) is -0.324. The summed E-state index contributed by atoms with van der Waals surface area (Å²) in [6.45, 7) is 0. The van der Waals surface area contributed by atoms with Crippen LogP contribution in [0, 0.1) is 6.07 Å². The van der Waals surface area contributed by atoms with Gasteiger partial charge in [-0.1, -0.05) is 53.7 Å². The molecule has 1 radical (unpaired) electrons. The Bertz CT molecular complexity index is 1160. The van der Waals surface area contributed by atoms with Crippen LogP contribution in [0.3, 0.4) is 0 Å². The fraction of sp³-hybridized carbons (Fsp3) is 0.143. The number of aryl methyl sites for hydroxylation is 2. The number of thiazole rings is 1. The van der Waals surface area contributed by atoms with Crippen molar-refractivity contribution < 1.29 is 17.7 Å². The molecule has 3 nitrogen and oxygen atoms in total. The Hall–Kier alpha value is -2.93. The summed E-state index contributed by atoms with van der Waals surface area (Å²) in [4.78, 5) is 5.36. The first kappa shape index (κ1) is 17.2. The molecule has 0 aliphatic heterocycles. The summed E-state index contributed by atoms with van der Waals surface area (Å²) in [7, 11) is 0. The van der Waals surface area contributed by atoms with E-state index in [2.05, 4.69) is 16.2 Å². The van der Waals surface area contributed by atoms with Gasteiger partial charge in [-0.15, -0.1) is 11.3 Å². The van der Waals surface area contributed by atoms with Crippen LogP contribution in [0.1, 0.15) is 16.8 Å². The molecule has 2 aromatic carbocycles. The summed E-state index contributed by atoms with van der Waals surface area (Å²) in [5, 5.41) is 3.95. The predicted molar refractivity (Wildman–Crippen MR) is 99.7 cm³/mol. The van der Waals surface area contributed by atoms with Crippen molar-refractivity contribution in [1.82, 2.24) is 10.1 Å². The molecule has 2 heterocycles. The van der Waals surface area contributed by atoms with E-state index in [0.717, 1.165) is 28.1 Å². The fourth-order valence-electron chi connectivity index (χ4n) is 3.47. The lowest BCUT2D eigenvalue weighted by Crippen LogP contribution is -2.07. The smallest absolute Gasteiger partial charge is 0.352 e. The lowest BCUT2D eigenvalue weighted by atomic mass is 9.94. The third kappa shape index (κ3) is 2.74. The highest BCUT2D eigenvalue weighted by Crippen LogP contribution is 2.47. The summed E-state index contributed by atoms with van der Waals surface area (Å²) >= 11 is 1.21. The minimum Gasteiger partial charge on any atom is -0.352 e. The van der Waals surface area contributed by atoms with E-state index in [-0.39, 0.29) is 16.5 Å². The normalized spacial score (nSPS) is 13.2. The first-order valence-corrected chi connectivity index (χ1v) is 9.46. The van der Waals surface area contributed by atoms with E-state index in [9.17, 15) is 13.2 Å². The molecule has 2 aromatic heterocycles. The van der Waals surface area contributed by atoms with Crippen molar-refractivity contribution in [3.05, 3.63) is 71.4 Å². The molecular weight excluding hydrogens is 385 g/mol. The minimum atomic E-state index is -4.61. The molecule has 139 valence electrons. The van der Waals surface area contributed by atoms with Crippen LogP contribution in [-0.4, -0.2) is 10.1 Å². The maximum absolute atomic E-state index is 13.9. The molecule has 0 fully saturated rings. The molecule has 1 aliphatic rings. The number of aromatic nitrogens is 2. The Kier molecular flexibility index (Phi) is 3.87. The van der Waals surface area contributed by atoms with Gasteiger partial charge >= 0.3 is 6.18 Å². The second-order valence-corrected chi connectivity index (χ2v) is 7.48. The van der Waals surface area contributed by atoms with Gasteiger partial charge in [0.05, 0.1) is 10.6 Å². The van der Waals surface area contributed by atoms with Crippen LogP contribution >= 0.6 is 11.3 Å². The zero-order valence-electron chi connectivity index (χ0n) is 14.4. The Labute approximate surface area is 162 Å². The van der Waals surface area contributed by atoms with Gasteiger partial charge < -0.3 is 4.52 Å². The molecule has 0 spiro atoms. The third-order valence-electron chi connectivity index (χ3n) is 4.74. The summed E-state index contributed by atoms with van der Waals surface area (Å²) in [5.41, 5.74) is 2.18. The lowest BCUT2D eigenvalue weighted by Gasteiger charge is -2.13. The van der Waals surface area contributed by atoms with Crippen LogP contribution in [0.2, 0.25) is 0 Å². The maximum Gasteiger partial charge on any atom is 0.422 e. The van der Waals surface area contributed by atoms with Crippen molar-refractivity contribution in [2.75, 3.05) is 0 Å². The number of hydrogen-bond donors (Lipinski definition) is 0. The van der Waals surface area contributed by atoms with Crippen molar-refractivity contribution >= 4 is 11.3 Å². The second-order valence-electron chi connectivity index (χ2n) is 6.48. The Morgan fingerprint density at radius 1 is 1.07 bits per heavy atom. The van der Waals surface area contributed by atoms with E-state index in [0.29, 0.717) is 12.0 Å². The molecule has 7 heteroatoms. The zero-order chi connectivity index (χ0) is 19.3. The van der Waals surface area contributed by atoms with Gasteiger partial charge in [0.25, 0.3) is 0 Å². The van der Waals surface area contributed by atoms with Gasteiger partial charge in [-0.05, 0) is 30.0 Å². The Balaban J connectivity index is 1.68. The Morgan fingerprint density at radius 2 is 1.89 bits per heavy atom. The molecule has 28 heavy (non-hydrogen) atoms. The van der Waals surface area contributed by atoms with Gasteiger partial charge in [0, 0.05) is 5.56 Å². The molecule has 0 unspecified atom stereocenters. The highest BCUT2D eigenvalue weighted by Gasteiger charge is 2.42. The predicted octanol–water partition coefficient (Wildman–Crippen LogP) is 6.05. The lowest BCUT2D eigenvalue weighted by molar-refractivity contribution is -0.136. The second kappa shape index (κ2) is 6.31. The van der Waals surface area contributed by atoms with Gasteiger partial charge in [-0.2, -0.15) is 13.2 Å². The number of halogens is 3. The van der Waals surface area contributed by atoms with E-state index < -0.39 is 11.7 Å². The van der Waals surface area contributed by atoms with Crippen LogP contribution in [-0.2, 0) is 19.0 Å². The number of fused-ring (bicyclic) bond motifs is 3. The quantitative estimate of drug-likeness (QED) is 0.413. The van der Waals surface area contributed by atoms with Gasteiger partial charge in [-0.3, -0.25) is 0 Å². The van der Waals surface area contributed by atoms with Crippen molar-refractivity contribution in [1.29, 1.82) is 0 Å². The topological polar surface area (TPSA) is 38.9 Å². The van der Waals surface area contributed by atoms with Gasteiger partial charge in [-0.25, -0.2) is 4.98 Å². The van der Waals surface area contributed by atoms with E-state index in [1.54, 1.807) is 36.4 Å². The number of hydrogen-bond acceptors (Lipinski definition) is 4. The summed E-state index contributed by atoms with van der Waals surface area (Å²) in [6, 6.07) is 16.9. The van der Waals surface area contributed by atoms with Crippen LogP contribution in [0.15, 0.2) is 53.1 Å². The molecule has 0 N–H and O–H groups in total. The van der Waals surface area contributed by atoms with Crippen LogP contribution in [0.4, 0.5) is 13.2 Å². The van der Waals surface area contributed by atoms with Crippen molar-refractivity contribution in [3.8, 4) is 32.5 Å². The average Bonchev–Trinajstić information content (AvgIpc) is 3.33. The molecule has 0 atom stereocenters. The van der Waals surface area contributed by atoms with E-state index in [4.69, 9.17) is 4.52 Å². The van der Waals surface area contributed by atoms with Crippen molar-refractivity contribution in [2.24, 2.45) is 0 Å². The summed E-state index contributed by atoms with van der Waals surface area (Å²) in [6.07, 6.45) is -3.14. The third-order valence-corrected chi connectivity index (χ3v) is 5.87. The maximum atomic E-state index is 13.9. The van der Waals surface area contributed by atoms with E-state index in [1.807, 2.05) is 12.1 Å². The highest BCUT2D eigenvalue weighted by atomic mass is 32.1. The first-order valence-electron chi connectivity index (χ1n) is 8.64. The van der Waals surface area contributed by atoms with Gasteiger partial charge in [0.15, 0.2) is 5.01 Å². The van der Waals surface area contributed by atoms with Gasteiger partial charge in [0.2, 0.25) is 5.76 Å². The average molecular weight is 397 g/mol. The van der Waals surface area contributed by atoms with Crippen LogP contribution in [0.25, 0.3) is 32.5 Å². The molecule has 5 rings (SSSR count). The molecule has 4 aromatic rings. The van der Waals surface area contributed by atoms with E-state index >= 15 is 0 Å².